The molecule has 2 aromatic heterocycles. The van der Waals surface area contributed by atoms with Gasteiger partial charge in [0, 0.05) is 17.4 Å². The van der Waals surface area contributed by atoms with Gasteiger partial charge < -0.3 is 10.6 Å². The van der Waals surface area contributed by atoms with Gasteiger partial charge in [-0.2, -0.15) is 0 Å². The molecule has 0 aliphatic carbocycles. The number of amides is 2. The number of pyridine rings is 1. The van der Waals surface area contributed by atoms with E-state index in [1.54, 1.807) is 18.3 Å². The summed E-state index contributed by atoms with van der Waals surface area (Å²) in [4.78, 5) is 22.0. The smallest absolute Gasteiger partial charge is 0.308 e. The molecule has 2 heterocycles. The molecule has 0 saturated heterocycles. The predicted molar refractivity (Wildman–Crippen MR) is 107 cm³/mol. The normalized spacial score (nSPS) is 10.7. The highest BCUT2D eigenvalue weighted by Crippen LogP contribution is 2.30. The predicted octanol–water partition coefficient (Wildman–Crippen LogP) is 5.66. The van der Waals surface area contributed by atoms with Gasteiger partial charge in [0.05, 0.1) is 10.7 Å². The molecule has 0 saturated carbocycles. The zero-order valence-electron chi connectivity index (χ0n) is 13.4. The average Bonchev–Trinajstić information content (AvgIpc) is 3.08. The van der Waals surface area contributed by atoms with Crippen LogP contribution in [0.2, 0.25) is 5.02 Å². The van der Waals surface area contributed by atoms with E-state index in [-0.39, 0.29) is 6.03 Å². The summed E-state index contributed by atoms with van der Waals surface area (Å²) in [6.07, 6.45) is 1.75. The Labute approximate surface area is 158 Å². The van der Waals surface area contributed by atoms with E-state index in [0.717, 1.165) is 20.9 Å². The van der Waals surface area contributed by atoms with Crippen molar-refractivity contribution in [2.24, 2.45) is 0 Å². The summed E-state index contributed by atoms with van der Waals surface area (Å²) < 4.78 is 0. The van der Waals surface area contributed by atoms with Crippen LogP contribution in [0.5, 0.6) is 0 Å². The molecule has 2 N–H and O–H groups in total. The first-order valence-electron chi connectivity index (χ1n) is 7.83. The molecule has 0 unspecified atom stereocenters. The van der Waals surface area contributed by atoms with Crippen LogP contribution in [0.15, 0.2) is 66.9 Å². The first-order chi connectivity index (χ1) is 12.7. The van der Waals surface area contributed by atoms with Crippen LogP contribution in [0, 0.1) is 0 Å². The number of urea groups is 1. The number of nitrogens with zero attached hydrogens (tertiary/aromatic N) is 2. The molecular weight excluding hydrogens is 368 g/mol. The molecule has 0 atom stereocenters. The number of anilines is 2. The topological polar surface area (TPSA) is 66.9 Å². The molecule has 2 aromatic carbocycles. The van der Waals surface area contributed by atoms with Gasteiger partial charge in [-0.05, 0) is 36.4 Å². The van der Waals surface area contributed by atoms with Crippen molar-refractivity contribution in [3.8, 4) is 10.6 Å². The van der Waals surface area contributed by atoms with Crippen LogP contribution < -0.4 is 10.6 Å². The van der Waals surface area contributed by atoms with Crippen LogP contribution in [-0.4, -0.2) is 16.0 Å². The van der Waals surface area contributed by atoms with E-state index in [1.807, 2.05) is 48.5 Å². The summed E-state index contributed by atoms with van der Waals surface area (Å²) in [5, 5.41) is 6.89. The summed E-state index contributed by atoms with van der Waals surface area (Å²) in [5.74, 6) is 0. The van der Waals surface area contributed by atoms with Gasteiger partial charge in [0.15, 0.2) is 0 Å². The second-order valence-corrected chi connectivity index (χ2v) is 6.87. The summed E-state index contributed by atoms with van der Waals surface area (Å²) in [5.41, 5.74) is 3.00. The Morgan fingerprint density at radius 3 is 2.73 bits per heavy atom. The van der Waals surface area contributed by atoms with E-state index in [2.05, 4.69) is 20.6 Å². The number of rotatable bonds is 3. The molecule has 0 spiro atoms. The van der Waals surface area contributed by atoms with Gasteiger partial charge >= 0.3 is 6.03 Å². The lowest BCUT2D eigenvalue weighted by molar-refractivity contribution is 0.262. The van der Waals surface area contributed by atoms with E-state index in [1.165, 1.54) is 11.3 Å². The Hall–Kier alpha value is -2.96. The minimum atomic E-state index is -0.360. The van der Waals surface area contributed by atoms with Crippen molar-refractivity contribution in [2.45, 2.75) is 0 Å². The van der Waals surface area contributed by atoms with Crippen molar-refractivity contribution in [3.05, 3.63) is 71.9 Å². The molecule has 0 fully saturated rings. The molecule has 0 radical (unpaired) electrons. The highest BCUT2D eigenvalue weighted by atomic mass is 35.5. The third-order valence-electron chi connectivity index (χ3n) is 3.66. The molecule has 0 bridgehead atoms. The van der Waals surface area contributed by atoms with Crippen molar-refractivity contribution in [1.29, 1.82) is 0 Å². The minimum absolute atomic E-state index is 0.360. The molecule has 2 amide bonds. The Balaban J connectivity index is 1.54. The third-order valence-corrected chi connectivity index (χ3v) is 5.01. The maximum absolute atomic E-state index is 12.2. The van der Waals surface area contributed by atoms with Gasteiger partial charge in [-0.3, -0.25) is 0 Å². The van der Waals surface area contributed by atoms with E-state index < -0.39 is 0 Å². The molecule has 26 heavy (non-hydrogen) atoms. The van der Waals surface area contributed by atoms with Crippen LogP contribution in [0.25, 0.3) is 20.9 Å². The number of aromatic nitrogens is 2. The van der Waals surface area contributed by atoms with Crippen molar-refractivity contribution >= 4 is 50.7 Å². The number of thiazole rings is 1. The van der Waals surface area contributed by atoms with Gasteiger partial charge in [0.1, 0.15) is 15.4 Å². The molecule has 5 nitrogen and oxygen atoms in total. The Kier molecular flexibility index (Phi) is 4.51. The van der Waals surface area contributed by atoms with Crippen LogP contribution in [0.4, 0.5) is 16.2 Å². The van der Waals surface area contributed by atoms with Crippen molar-refractivity contribution in [1.82, 2.24) is 9.97 Å². The number of hydrogen-bond donors (Lipinski definition) is 2. The molecule has 0 aliphatic heterocycles. The standard InChI is InChI=1S/C19H13ClN4OS/c20-14-7-1-2-8-15(14)24-19(25)22-13-6-3-5-12(11-13)17-23-16-9-4-10-21-18(16)26-17/h1-11H,(H2,22,24,25). The van der Waals surface area contributed by atoms with Crippen LogP contribution in [-0.2, 0) is 0 Å². The van der Waals surface area contributed by atoms with Crippen molar-refractivity contribution in [2.75, 3.05) is 10.6 Å². The van der Waals surface area contributed by atoms with Crippen LogP contribution in [0.1, 0.15) is 0 Å². The Morgan fingerprint density at radius 1 is 1.00 bits per heavy atom. The number of fused-ring (bicyclic) bond motifs is 1. The maximum atomic E-state index is 12.2. The van der Waals surface area contributed by atoms with Crippen molar-refractivity contribution < 1.29 is 4.79 Å². The fraction of sp³-hybridized carbons (Fsp3) is 0. The molecule has 4 aromatic rings. The lowest BCUT2D eigenvalue weighted by Crippen LogP contribution is -2.19. The zero-order chi connectivity index (χ0) is 17.9. The number of carbonyl (C=O) groups is 1. The number of halogens is 1. The minimum Gasteiger partial charge on any atom is -0.308 e. The maximum Gasteiger partial charge on any atom is 0.323 e. The van der Waals surface area contributed by atoms with Crippen LogP contribution in [0.3, 0.4) is 0 Å². The van der Waals surface area contributed by atoms with Crippen molar-refractivity contribution in [3.63, 3.8) is 0 Å². The molecular formula is C19H13ClN4OS. The Bertz CT molecular complexity index is 1060. The number of para-hydroxylation sites is 1. The average molecular weight is 381 g/mol. The summed E-state index contributed by atoms with van der Waals surface area (Å²) in [6, 6.07) is 18.0. The second-order valence-electron chi connectivity index (χ2n) is 5.49. The fourth-order valence-corrected chi connectivity index (χ4v) is 3.56. The first-order valence-corrected chi connectivity index (χ1v) is 9.03. The zero-order valence-corrected chi connectivity index (χ0v) is 15.0. The number of carbonyl (C=O) groups excluding carboxylic acids is 1. The largest absolute Gasteiger partial charge is 0.323 e. The first kappa shape index (κ1) is 16.5. The molecule has 7 heteroatoms. The second kappa shape index (κ2) is 7.11. The fourth-order valence-electron chi connectivity index (χ4n) is 2.47. The summed E-state index contributed by atoms with van der Waals surface area (Å²) in [7, 11) is 0. The van der Waals surface area contributed by atoms with E-state index in [4.69, 9.17) is 11.6 Å². The lowest BCUT2D eigenvalue weighted by atomic mass is 10.2. The SMILES string of the molecule is O=C(Nc1cccc(-c2nc3cccnc3s2)c1)Nc1ccccc1Cl. The number of nitrogens with one attached hydrogen (secondary N) is 2. The van der Waals surface area contributed by atoms with Gasteiger partial charge in [0.25, 0.3) is 0 Å². The number of hydrogen-bond acceptors (Lipinski definition) is 4. The number of benzene rings is 2. The van der Waals surface area contributed by atoms with E-state index in [0.29, 0.717) is 16.4 Å². The third kappa shape index (κ3) is 3.51. The van der Waals surface area contributed by atoms with Crippen LogP contribution >= 0.6 is 22.9 Å². The van der Waals surface area contributed by atoms with E-state index in [9.17, 15) is 4.79 Å². The highest BCUT2D eigenvalue weighted by molar-refractivity contribution is 7.21. The summed E-state index contributed by atoms with van der Waals surface area (Å²) >= 11 is 7.57. The lowest BCUT2D eigenvalue weighted by Gasteiger charge is -2.09. The quantitative estimate of drug-likeness (QED) is 0.482. The summed E-state index contributed by atoms with van der Waals surface area (Å²) in [6.45, 7) is 0. The molecule has 128 valence electrons. The van der Waals surface area contributed by atoms with E-state index >= 15 is 0 Å². The Morgan fingerprint density at radius 2 is 1.88 bits per heavy atom. The van der Waals surface area contributed by atoms with Gasteiger partial charge in [-0.15, -0.1) is 0 Å². The highest BCUT2D eigenvalue weighted by Gasteiger charge is 2.09. The molecule has 0 aliphatic rings. The molecule has 4 rings (SSSR count). The monoisotopic (exact) mass is 380 g/mol. The van der Waals surface area contributed by atoms with Gasteiger partial charge in [-0.25, -0.2) is 14.8 Å². The van der Waals surface area contributed by atoms with Gasteiger partial charge in [-0.1, -0.05) is 47.2 Å². The van der Waals surface area contributed by atoms with Gasteiger partial charge in [0.2, 0.25) is 0 Å².